The molecule has 20 heavy (non-hydrogen) atoms. The molecule has 3 rings (SSSR count). The molecule has 3 atom stereocenters. The fourth-order valence-corrected chi connectivity index (χ4v) is 3.99. The van der Waals surface area contributed by atoms with E-state index in [2.05, 4.69) is 31.0 Å². The fourth-order valence-electron chi connectivity index (χ4n) is 3.99. The SMILES string of the molecule is CCC12CCN(C)C(Cc3ccc(OC)cc31)C2O.Cl. The molecule has 1 aliphatic carbocycles. The number of hydrogen-bond acceptors (Lipinski definition) is 3. The molecule has 3 nitrogen and oxygen atoms in total. The number of likely N-dealkylation sites (tertiary alicyclic amines) is 1. The van der Waals surface area contributed by atoms with Gasteiger partial charge in [-0.1, -0.05) is 13.0 Å². The standard InChI is InChI=1S/C16H23NO2.ClH/c1-4-16-7-8-17(2)14(15(16)18)9-11-5-6-12(19-3)10-13(11)16;/h5-6,10,14-15,18H,4,7-9H2,1-3H3;1H. The summed E-state index contributed by atoms with van der Waals surface area (Å²) in [6, 6.07) is 6.62. The molecular weight excluding hydrogens is 274 g/mol. The lowest BCUT2D eigenvalue weighted by molar-refractivity contribution is -0.0496. The Balaban J connectivity index is 0.00000147. The number of aliphatic hydroxyl groups is 1. The quantitative estimate of drug-likeness (QED) is 0.910. The van der Waals surface area contributed by atoms with Crippen molar-refractivity contribution in [2.24, 2.45) is 0 Å². The second-order valence-corrected chi connectivity index (χ2v) is 5.98. The first kappa shape index (κ1) is 15.6. The van der Waals surface area contributed by atoms with Crippen LogP contribution in [0, 0.1) is 0 Å². The zero-order valence-corrected chi connectivity index (χ0v) is 13.2. The van der Waals surface area contributed by atoms with Gasteiger partial charge < -0.3 is 14.7 Å². The molecule has 0 spiro atoms. The molecule has 1 aliphatic heterocycles. The third kappa shape index (κ3) is 2.03. The Morgan fingerprint density at radius 2 is 2.20 bits per heavy atom. The minimum atomic E-state index is -0.268. The molecule has 0 amide bonds. The van der Waals surface area contributed by atoms with E-state index >= 15 is 0 Å². The number of piperidine rings is 1. The number of ether oxygens (including phenoxy) is 1. The van der Waals surface area contributed by atoms with Crippen molar-refractivity contribution < 1.29 is 9.84 Å². The van der Waals surface area contributed by atoms with Crippen molar-refractivity contribution in [2.45, 2.75) is 43.7 Å². The Hall–Kier alpha value is -0.770. The predicted octanol–water partition coefficient (Wildman–Crippen LogP) is 2.39. The number of halogens is 1. The summed E-state index contributed by atoms with van der Waals surface area (Å²) in [6.07, 6.45) is 2.69. The third-order valence-electron chi connectivity index (χ3n) is 5.32. The minimum Gasteiger partial charge on any atom is -0.497 e. The maximum absolute atomic E-state index is 10.8. The van der Waals surface area contributed by atoms with Crippen LogP contribution in [0.25, 0.3) is 0 Å². The fraction of sp³-hybridized carbons (Fsp3) is 0.625. The number of fused-ring (bicyclic) bond motifs is 4. The van der Waals surface area contributed by atoms with E-state index in [0.717, 1.165) is 31.6 Å². The molecule has 1 fully saturated rings. The topological polar surface area (TPSA) is 32.7 Å². The average molecular weight is 298 g/mol. The molecule has 1 heterocycles. The molecule has 2 bridgehead atoms. The smallest absolute Gasteiger partial charge is 0.119 e. The second kappa shape index (κ2) is 5.55. The zero-order chi connectivity index (χ0) is 13.6. The molecule has 0 radical (unpaired) electrons. The van der Waals surface area contributed by atoms with Crippen LogP contribution in [0.15, 0.2) is 18.2 Å². The third-order valence-corrected chi connectivity index (χ3v) is 5.32. The van der Waals surface area contributed by atoms with E-state index in [0.29, 0.717) is 0 Å². The van der Waals surface area contributed by atoms with Crippen molar-refractivity contribution >= 4 is 12.4 Å². The summed E-state index contributed by atoms with van der Waals surface area (Å²) < 4.78 is 5.37. The van der Waals surface area contributed by atoms with Crippen molar-refractivity contribution in [3.05, 3.63) is 29.3 Å². The molecule has 1 aromatic carbocycles. The monoisotopic (exact) mass is 297 g/mol. The summed E-state index contributed by atoms with van der Waals surface area (Å²) in [7, 11) is 3.83. The van der Waals surface area contributed by atoms with Crippen molar-refractivity contribution in [1.82, 2.24) is 4.90 Å². The van der Waals surface area contributed by atoms with Crippen LogP contribution in [0.2, 0.25) is 0 Å². The molecule has 112 valence electrons. The molecule has 3 unspecified atom stereocenters. The highest BCUT2D eigenvalue weighted by atomic mass is 35.5. The number of nitrogens with zero attached hydrogens (tertiary/aromatic N) is 1. The van der Waals surface area contributed by atoms with Gasteiger partial charge in [0.05, 0.1) is 13.2 Å². The van der Waals surface area contributed by atoms with Gasteiger partial charge in [-0.2, -0.15) is 0 Å². The van der Waals surface area contributed by atoms with Gasteiger partial charge in [0, 0.05) is 11.5 Å². The number of aliphatic hydroxyl groups excluding tert-OH is 1. The molecule has 4 heteroatoms. The van der Waals surface area contributed by atoms with E-state index in [1.807, 2.05) is 6.07 Å². The minimum absolute atomic E-state index is 0. The zero-order valence-electron chi connectivity index (χ0n) is 12.4. The van der Waals surface area contributed by atoms with Crippen molar-refractivity contribution in [3.8, 4) is 5.75 Å². The Kier molecular flexibility index (Phi) is 4.33. The maximum atomic E-state index is 10.8. The highest BCUT2D eigenvalue weighted by Crippen LogP contribution is 2.47. The van der Waals surface area contributed by atoms with Crippen LogP contribution in [-0.4, -0.2) is 42.9 Å². The first-order chi connectivity index (χ1) is 9.12. The summed E-state index contributed by atoms with van der Waals surface area (Å²) in [4.78, 5) is 2.31. The Labute approximate surface area is 127 Å². The summed E-state index contributed by atoms with van der Waals surface area (Å²) in [5.41, 5.74) is 2.61. The Bertz CT molecular complexity index is 493. The van der Waals surface area contributed by atoms with Crippen LogP contribution >= 0.6 is 12.4 Å². The van der Waals surface area contributed by atoms with E-state index in [-0.39, 0.29) is 30.0 Å². The van der Waals surface area contributed by atoms with Gasteiger partial charge in [0.1, 0.15) is 5.75 Å². The second-order valence-electron chi connectivity index (χ2n) is 5.98. The average Bonchev–Trinajstić information content (AvgIpc) is 2.43. The maximum Gasteiger partial charge on any atom is 0.119 e. The van der Waals surface area contributed by atoms with Gasteiger partial charge >= 0.3 is 0 Å². The van der Waals surface area contributed by atoms with Crippen LogP contribution in [0.3, 0.4) is 0 Å². The van der Waals surface area contributed by atoms with Crippen molar-refractivity contribution in [3.63, 3.8) is 0 Å². The van der Waals surface area contributed by atoms with Crippen LogP contribution in [0.4, 0.5) is 0 Å². The lowest BCUT2D eigenvalue weighted by Crippen LogP contribution is -2.62. The molecule has 1 aromatic rings. The molecule has 1 N–H and O–H groups in total. The lowest BCUT2D eigenvalue weighted by atomic mass is 9.60. The summed E-state index contributed by atoms with van der Waals surface area (Å²) in [5.74, 6) is 0.899. The first-order valence-electron chi connectivity index (χ1n) is 7.18. The normalized spacial score (nSPS) is 32.2. The van der Waals surface area contributed by atoms with E-state index in [4.69, 9.17) is 4.74 Å². The highest BCUT2D eigenvalue weighted by Gasteiger charge is 2.50. The van der Waals surface area contributed by atoms with E-state index in [9.17, 15) is 5.11 Å². The van der Waals surface area contributed by atoms with Crippen LogP contribution in [0.1, 0.15) is 30.9 Å². The molecular formula is C16H24ClNO2. The lowest BCUT2D eigenvalue weighted by Gasteiger charge is -2.53. The van der Waals surface area contributed by atoms with Crippen molar-refractivity contribution in [1.29, 1.82) is 0 Å². The van der Waals surface area contributed by atoms with Crippen LogP contribution in [0.5, 0.6) is 5.75 Å². The summed E-state index contributed by atoms with van der Waals surface area (Å²) in [6.45, 7) is 3.26. The van der Waals surface area contributed by atoms with E-state index in [1.165, 1.54) is 11.1 Å². The summed E-state index contributed by atoms with van der Waals surface area (Å²) in [5, 5.41) is 10.8. The number of methoxy groups -OCH3 is 1. The molecule has 0 aromatic heterocycles. The van der Waals surface area contributed by atoms with Gasteiger partial charge in [0.2, 0.25) is 0 Å². The van der Waals surface area contributed by atoms with Crippen LogP contribution < -0.4 is 4.74 Å². The number of rotatable bonds is 2. The number of hydrogen-bond donors (Lipinski definition) is 1. The number of likely N-dealkylation sites (N-methyl/N-ethyl adjacent to an activating group) is 1. The molecule has 2 aliphatic rings. The Morgan fingerprint density at radius 3 is 2.85 bits per heavy atom. The first-order valence-corrected chi connectivity index (χ1v) is 7.18. The highest BCUT2D eigenvalue weighted by molar-refractivity contribution is 5.85. The number of benzene rings is 1. The Morgan fingerprint density at radius 1 is 1.45 bits per heavy atom. The van der Waals surface area contributed by atoms with Gasteiger partial charge in [-0.05, 0) is 56.1 Å². The van der Waals surface area contributed by atoms with Gasteiger partial charge in [0.25, 0.3) is 0 Å². The molecule has 0 saturated carbocycles. The van der Waals surface area contributed by atoms with Gasteiger partial charge in [0.15, 0.2) is 0 Å². The van der Waals surface area contributed by atoms with Gasteiger partial charge in [-0.3, -0.25) is 0 Å². The van der Waals surface area contributed by atoms with Crippen molar-refractivity contribution in [2.75, 3.05) is 20.7 Å². The predicted molar refractivity (Wildman–Crippen MR) is 83.0 cm³/mol. The van der Waals surface area contributed by atoms with Gasteiger partial charge in [-0.15, -0.1) is 12.4 Å². The van der Waals surface area contributed by atoms with E-state index < -0.39 is 0 Å². The summed E-state index contributed by atoms with van der Waals surface area (Å²) >= 11 is 0. The largest absolute Gasteiger partial charge is 0.497 e. The van der Waals surface area contributed by atoms with Gasteiger partial charge in [-0.25, -0.2) is 0 Å². The van der Waals surface area contributed by atoms with E-state index in [1.54, 1.807) is 7.11 Å². The molecule has 1 saturated heterocycles. The van der Waals surface area contributed by atoms with Crippen LogP contribution in [-0.2, 0) is 11.8 Å².